The molecule has 3 N–H and O–H groups in total. The lowest BCUT2D eigenvalue weighted by Gasteiger charge is -2.48. The van der Waals surface area contributed by atoms with Crippen LogP contribution < -0.4 is 10.9 Å². The highest BCUT2D eigenvalue weighted by molar-refractivity contribution is 5.91. The van der Waals surface area contributed by atoms with Crippen LogP contribution in [0.15, 0.2) is 47.3 Å². The minimum atomic E-state index is -4.97. The average Bonchev–Trinajstić information content (AvgIpc) is 2.67. The highest BCUT2D eigenvalue weighted by Gasteiger charge is 2.64. The van der Waals surface area contributed by atoms with Crippen molar-refractivity contribution >= 4 is 16.6 Å². The number of aromatic nitrogens is 2. The van der Waals surface area contributed by atoms with Gasteiger partial charge < -0.3 is 15.5 Å². The van der Waals surface area contributed by atoms with Gasteiger partial charge in [0.1, 0.15) is 5.75 Å². The van der Waals surface area contributed by atoms with E-state index < -0.39 is 35.2 Å². The van der Waals surface area contributed by atoms with Crippen molar-refractivity contribution in [1.82, 2.24) is 9.78 Å². The summed E-state index contributed by atoms with van der Waals surface area (Å²) in [7, 11) is 1.40. The average molecular weight is 433 g/mol. The van der Waals surface area contributed by atoms with Gasteiger partial charge >= 0.3 is 6.18 Å². The van der Waals surface area contributed by atoms with Gasteiger partial charge in [-0.25, -0.2) is 4.68 Å². The number of benzene rings is 2. The summed E-state index contributed by atoms with van der Waals surface area (Å²) >= 11 is 0. The monoisotopic (exact) mass is 433 g/mol. The zero-order valence-corrected chi connectivity index (χ0v) is 17.2. The van der Waals surface area contributed by atoms with Crippen molar-refractivity contribution in [2.75, 3.05) is 5.32 Å². The first-order chi connectivity index (χ1) is 14.4. The lowest BCUT2D eigenvalue weighted by Crippen LogP contribution is -2.58. The molecule has 0 amide bonds. The second kappa shape index (κ2) is 6.71. The molecule has 0 saturated heterocycles. The molecular formula is C22H22F3N3O3. The summed E-state index contributed by atoms with van der Waals surface area (Å²) in [6.07, 6.45) is -5.64. The molecule has 0 saturated carbocycles. The van der Waals surface area contributed by atoms with Gasteiger partial charge in [0.25, 0.3) is 5.56 Å². The molecule has 1 aliphatic rings. The smallest absolute Gasteiger partial charge is 0.419 e. The number of aromatic hydroxyl groups is 1. The third-order valence-electron chi connectivity index (χ3n) is 5.98. The zero-order valence-electron chi connectivity index (χ0n) is 17.2. The molecule has 3 aromatic rings. The Morgan fingerprint density at radius 3 is 2.42 bits per heavy atom. The zero-order chi connectivity index (χ0) is 22.8. The van der Waals surface area contributed by atoms with E-state index in [1.165, 1.54) is 25.2 Å². The largest absolute Gasteiger partial charge is 0.508 e. The van der Waals surface area contributed by atoms with E-state index >= 15 is 0 Å². The number of phenolic OH excluding ortho intramolecular Hbond substituents is 1. The third kappa shape index (κ3) is 3.15. The first-order valence-electron chi connectivity index (χ1n) is 9.71. The van der Waals surface area contributed by atoms with E-state index in [1.807, 2.05) is 0 Å². The van der Waals surface area contributed by atoms with Crippen molar-refractivity contribution in [2.24, 2.45) is 7.05 Å². The van der Waals surface area contributed by atoms with Crippen LogP contribution in [0.4, 0.5) is 19.0 Å². The van der Waals surface area contributed by atoms with E-state index in [1.54, 1.807) is 38.1 Å². The van der Waals surface area contributed by atoms with Crippen molar-refractivity contribution < 1.29 is 23.4 Å². The Morgan fingerprint density at radius 2 is 1.77 bits per heavy atom. The minimum Gasteiger partial charge on any atom is -0.508 e. The highest BCUT2D eigenvalue weighted by atomic mass is 19.4. The van der Waals surface area contributed by atoms with Crippen molar-refractivity contribution in [2.45, 2.75) is 43.5 Å². The molecule has 0 radical (unpaired) electrons. The Labute approximate surface area is 175 Å². The van der Waals surface area contributed by atoms with Crippen molar-refractivity contribution in [3.8, 4) is 5.75 Å². The van der Waals surface area contributed by atoms with Crippen molar-refractivity contribution in [3.05, 3.63) is 63.9 Å². The number of phenols is 1. The Morgan fingerprint density at radius 1 is 1.13 bits per heavy atom. The van der Waals surface area contributed by atoms with Crippen LogP contribution in [0.2, 0.25) is 0 Å². The number of hydrogen-bond donors (Lipinski definition) is 3. The fourth-order valence-corrected chi connectivity index (χ4v) is 4.66. The van der Waals surface area contributed by atoms with E-state index in [0.717, 1.165) is 4.68 Å². The molecule has 31 heavy (non-hydrogen) atoms. The summed E-state index contributed by atoms with van der Waals surface area (Å²) in [6.45, 7) is 3.11. The summed E-state index contributed by atoms with van der Waals surface area (Å²) in [5.41, 5.74) is -4.24. The van der Waals surface area contributed by atoms with Gasteiger partial charge in [-0.05, 0) is 29.5 Å². The molecule has 1 aromatic heterocycles. The summed E-state index contributed by atoms with van der Waals surface area (Å²) in [6, 6.07) is 9.08. The van der Waals surface area contributed by atoms with Gasteiger partial charge in [-0.2, -0.15) is 18.3 Å². The van der Waals surface area contributed by atoms with Gasteiger partial charge in [0.15, 0.2) is 11.4 Å². The van der Waals surface area contributed by atoms with Crippen LogP contribution in [0.25, 0.3) is 10.8 Å². The summed E-state index contributed by atoms with van der Waals surface area (Å²) in [5, 5.41) is 29.0. The maximum Gasteiger partial charge on any atom is 0.419 e. The Kier molecular flexibility index (Phi) is 4.59. The van der Waals surface area contributed by atoms with Gasteiger partial charge in [0.05, 0.1) is 11.4 Å². The van der Waals surface area contributed by atoms with Crippen LogP contribution in [0.5, 0.6) is 5.75 Å². The molecule has 0 bridgehead atoms. The third-order valence-corrected chi connectivity index (χ3v) is 5.98. The van der Waals surface area contributed by atoms with E-state index in [2.05, 4.69) is 10.4 Å². The van der Waals surface area contributed by atoms with Crippen LogP contribution >= 0.6 is 0 Å². The first-order valence-corrected chi connectivity index (χ1v) is 9.71. The van der Waals surface area contributed by atoms with Gasteiger partial charge in [0.2, 0.25) is 0 Å². The van der Waals surface area contributed by atoms with E-state index in [4.69, 9.17) is 0 Å². The fraction of sp³-hybridized carbons (Fsp3) is 0.364. The molecule has 0 aliphatic heterocycles. The van der Waals surface area contributed by atoms with Crippen LogP contribution in [0.1, 0.15) is 37.4 Å². The SMILES string of the molecule is Cn1nc(NC2c3cccc(O)c3C(C)(C)CC2(O)C(F)(F)F)c2ccccc2c1=O. The van der Waals surface area contributed by atoms with E-state index in [0.29, 0.717) is 10.9 Å². The van der Waals surface area contributed by atoms with Crippen LogP contribution in [0, 0.1) is 0 Å². The number of anilines is 1. The second-order valence-corrected chi connectivity index (χ2v) is 8.62. The maximum absolute atomic E-state index is 14.2. The quantitative estimate of drug-likeness (QED) is 0.573. The molecule has 2 unspecified atom stereocenters. The lowest BCUT2D eigenvalue weighted by atomic mass is 9.63. The molecule has 164 valence electrons. The molecule has 9 heteroatoms. The lowest BCUT2D eigenvalue weighted by molar-refractivity contribution is -0.276. The Balaban J connectivity index is 1.98. The number of aliphatic hydroxyl groups is 1. The van der Waals surface area contributed by atoms with Gasteiger partial charge in [-0.3, -0.25) is 4.79 Å². The minimum absolute atomic E-state index is 0.0272. The Bertz CT molecular complexity index is 1240. The highest BCUT2D eigenvalue weighted by Crippen LogP contribution is 2.56. The molecule has 1 aliphatic carbocycles. The molecular weight excluding hydrogens is 411 g/mol. The van der Waals surface area contributed by atoms with Crippen LogP contribution in [-0.4, -0.2) is 31.8 Å². The number of nitrogens with zero attached hydrogens (tertiary/aromatic N) is 2. The molecule has 1 heterocycles. The molecule has 0 fully saturated rings. The number of halogens is 3. The molecule has 4 rings (SSSR count). The Hall–Kier alpha value is -3.07. The van der Waals surface area contributed by atoms with E-state index in [9.17, 15) is 28.2 Å². The van der Waals surface area contributed by atoms with Crippen LogP contribution in [-0.2, 0) is 12.5 Å². The number of alkyl halides is 3. The molecule has 6 nitrogen and oxygen atoms in total. The number of nitrogens with one attached hydrogen (secondary N) is 1. The molecule has 0 spiro atoms. The summed E-state index contributed by atoms with van der Waals surface area (Å²) in [5.74, 6) is -0.115. The van der Waals surface area contributed by atoms with Crippen LogP contribution in [0.3, 0.4) is 0 Å². The second-order valence-electron chi connectivity index (χ2n) is 8.62. The van der Waals surface area contributed by atoms with Gasteiger partial charge in [-0.15, -0.1) is 0 Å². The number of fused-ring (bicyclic) bond motifs is 2. The summed E-state index contributed by atoms with van der Waals surface area (Å²) < 4.78 is 43.8. The van der Waals surface area contributed by atoms with Crippen molar-refractivity contribution in [3.63, 3.8) is 0 Å². The van der Waals surface area contributed by atoms with E-state index in [-0.39, 0.29) is 22.5 Å². The molecule has 2 atom stereocenters. The standard InChI is InChI=1S/C22H22F3N3O3/c1-20(2)11-21(31,22(23,24)25)17(14-9-6-10-15(29)16(14)20)26-18-12-7-4-5-8-13(12)19(30)28(3)27-18/h4-10,17,29,31H,11H2,1-3H3,(H,26,27). The normalized spacial score (nSPS) is 22.9. The molecule has 2 aromatic carbocycles. The summed E-state index contributed by atoms with van der Waals surface area (Å²) in [4.78, 5) is 12.4. The van der Waals surface area contributed by atoms with Crippen molar-refractivity contribution in [1.29, 1.82) is 0 Å². The predicted octanol–water partition coefficient (Wildman–Crippen LogP) is 3.77. The van der Waals surface area contributed by atoms with Gasteiger partial charge in [0, 0.05) is 18.0 Å². The fourth-order valence-electron chi connectivity index (χ4n) is 4.66. The van der Waals surface area contributed by atoms with Gasteiger partial charge in [-0.1, -0.05) is 44.2 Å². The maximum atomic E-state index is 14.2. The topological polar surface area (TPSA) is 87.4 Å². The number of aryl methyl sites for hydroxylation is 1. The number of rotatable bonds is 2. The first kappa shape index (κ1) is 21.2. The number of hydrogen-bond acceptors (Lipinski definition) is 5. The predicted molar refractivity (Wildman–Crippen MR) is 110 cm³/mol.